The van der Waals surface area contributed by atoms with Gasteiger partial charge in [0.05, 0.1) is 28.0 Å². The van der Waals surface area contributed by atoms with E-state index in [1.54, 1.807) is 21.6 Å². The van der Waals surface area contributed by atoms with Gasteiger partial charge in [-0.2, -0.15) is 9.68 Å². The number of nitrogens with two attached hydrogens (primary N) is 1. The minimum atomic E-state index is -0.0687. The Kier molecular flexibility index (Phi) is 15.7. The van der Waals surface area contributed by atoms with Gasteiger partial charge >= 0.3 is 0 Å². The van der Waals surface area contributed by atoms with Crippen LogP contribution in [0, 0.1) is 0 Å². The first-order chi connectivity index (χ1) is 31.2. The van der Waals surface area contributed by atoms with Crippen molar-refractivity contribution < 1.29 is 19.5 Å². The Balaban J connectivity index is 0.831. The van der Waals surface area contributed by atoms with Crippen LogP contribution in [0.3, 0.4) is 0 Å². The maximum Gasteiger partial charge on any atom is 0.286 e. The van der Waals surface area contributed by atoms with Gasteiger partial charge in [-0.05, 0) is 49.4 Å². The SMILES string of the molecule is C/C=C(/N=Nc1ccc(N(C)C)c2ccccc12)c1ccccc1[NH2+]CC(=O)NCCSSCCNC(=O)C[n+]1ccc(N=Nc2ccc(N(C)C)c3ccccc23)c2ccccc21. The van der Waals surface area contributed by atoms with Crippen molar-refractivity contribution in [2.45, 2.75) is 13.5 Å². The van der Waals surface area contributed by atoms with Crippen molar-refractivity contribution in [1.82, 2.24) is 10.6 Å². The number of fused-ring (bicyclic) bond motifs is 3. The average molecular weight is 891 g/mol. The Morgan fingerprint density at radius 2 is 1.12 bits per heavy atom. The molecule has 326 valence electrons. The summed E-state index contributed by atoms with van der Waals surface area (Å²) >= 11 is 0. The topological polar surface area (TPSA) is 135 Å². The lowest BCUT2D eigenvalue weighted by molar-refractivity contribution is -0.658. The zero-order valence-electron chi connectivity index (χ0n) is 36.9. The van der Waals surface area contributed by atoms with Gasteiger partial charge in [-0.1, -0.05) is 100 Å². The van der Waals surface area contributed by atoms with Gasteiger partial charge in [-0.3, -0.25) is 9.59 Å². The molecule has 7 rings (SSSR count). The van der Waals surface area contributed by atoms with E-state index in [1.165, 1.54) is 0 Å². The zero-order valence-corrected chi connectivity index (χ0v) is 38.5. The van der Waals surface area contributed by atoms with Crippen molar-refractivity contribution in [3.05, 3.63) is 145 Å². The molecule has 0 saturated carbocycles. The molecule has 0 bridgehead atoms. The number of allylic oxidation sites excluding steroid dienone is 1. The van der Waals surface area contributed by atoms with Crippen LogP contribution in [0.5, 0.6) is 0 Å². The zero-order chi connectivity index (χ0) is 44.8. The molecule has 6 aromatic carbocycles. The molecule has 0 unspecified atom stereocenters. The lowest BCUT2D eigenvalue weighted by Gasteiger charge is -2.16. The third-order valence-corrected chi connectivity index (χ3v) is 13.0. The number of rotatable bonds is 19. The molecule has 14 heteroatoms. The maximum absolute atomic E-state index is 13.0. The number of para-hydroxylation sites is 2. The van der Waals surface area contributed by atoms with Crippen molar-refractivity contribution >= 4 is 106 Å². The summed E-state index contributed by atoms with van der Waals surface area (Å²) < 4.78 is 1.93. The lowest BCUT2D eigenvalue weighted by Crippen LogP contribution is -2.81. The van der Waals surface area contributed by atoms with Gasteiger partial charge in [0.1, 0.15) is 11.4 Å². The fraction of sp³-hybridized carbons (Fsp3) is 0.220. The molecule has 0 fully saturated rings. The van der Waals surface area contributed by atoms with Crippen LogP contribution >= 0.6 is 21.6 Å². The number of aromatic nitrogens is 1. The molecular weight excluding hydrogens is 837 g/mol. The van der Waals surface area contributed by atoms with E-state index in [2.05, 4.69) is 77.3 Å². The van der Waals surface area contributed by atoms with Crippen LogP contribution in [0.15, 0.2) is 160 Å². The molecule has 64 heavy (non-hydrogen) atoms. The monoisotopic (exact) mass is 890 g/mol. The number of hydrogen-bond donors (Lipinski definition) is 3. The van der Waals surface area contributed by atoms with E-state index < -0.39 is 0 Å². The summed E-state index contributed by atoms with van der Waals surface area (Å²) in [6.45, 7) is 3.46. The molecule has 0 aliphatic carbocycles. The van der Waals surface area contributed by atoms with E-state index in [9.17, 15) is 9.59 Å². The highest BCUT2D eigenvalue weighted by molar-refractivity contribution is 8.76. The average Bonchev–Trinajstić information content (AvgIpc) is 3.31. The summed E-state index contributed by atoms with van der Waals surface area (Å²) in [5.74, 6) is 1.37. The molecule has 7 aromatic rings. The van der Waals surface area contributed by atoms with Crippen LogP contribution in [-0.4, -0.2) is 71.1 Å². The number of benzene rings is 6. The Labute approximate surface area is 382 Å². The molecule has 0 aliphatic heterocycles. The summed E-state index contributed by atoms with van der Waals surface area (Å²) in [6.07, 6.45) is 3.83. The Morgan fingerprint density at radius 3 is 1.73 bits per heavy atom. The maximum atomic E-state index is 13.0. The Morgan fingerprint density at radius 1 is 0.609 bits per heavy atom. The highest BCUT2D eigenvalue weighted by Crippen LogP contribution is 2.36. The number of anilines is 2. The number of amides is 2. The first-order valence-electron chi connectivity index (χ1n) is 21.2. The number of hydrogen-bond acceptors (Lipinski definition) is 10. The molecule has 12 nitrogen and oxygen atoms in total. The summed E-state index contributed by atoms with van der Waals surface area (Å²) in [7, 11) is 11.5. The largest absolute Gasteiger partial charge is 0.377 e. The molecular formula is C50H54N10O2S2+2. The summed E-state index contributed by atoms with van der Waals surface area (Å²) in [6, 6.07) is 42.3. The third-order valence-electron chi connectivity index (χ3n) is 10.6. The number of azo groups is 2. The number of quaternary nitrogens is 1. The minimum Gasteiger partial charge on any atom is -0.377 e. The smallest absolute Gasteiger partial charge is 0.286 e. The number of carbonyl (C=O) groups excluding carboxylic acids is 2. The van der Waals surface area contributed by atoms with Gasteiger partial charge < -0.3 is 25.8 Å². The molecule has 0 radical (unpaired) electrons. The van der Waals surface area contributed by atoms with Gasteiger partial charge in [0.15, 0.2) is 12.7 Å². The normalized spacial score (nSPS) is 11.9. The summed E-state index contributed by atoms with van der Waals surface area (Å²) in [5.41, 5.74) is 8.04. The van der Waals surface area contributed by atoms with E-state index in [0.717, 1.165) is 89.3 Å². The number of carbonyl (C=O) groups is 2. The fourth-order valence-electron chi connectivity index (χ4n) is 7.44. The molecule has 1 aromatic heterocycles. The highest BCUT2D eigenvalue weighted by atomic mass is 33.1. The molecule has 0 atom stereocenters. The predicted molar refractivity (Wildman–Crippen MR) is 267 cm³/mol. The molecule has 0 spiro atoms. The minimum absolute atomic E-state index is 0.0478. The molecule has 0 aliphatic rings. The fourth-order valence-corrected chi connectivity index (χ4v) is 9.26. The number of pyridine rings is 1. The first-order valence-corrected chi connectivity index (χ1v) is 23.7. The van der Waals surface area contributed by atoms with Crippen molar-refractivity contribution in [3.63, 3.8) is 0 Å². The van der Waals surface area contributed by atoms with Gasteiger partial charge in [-0.25, -0.2) is 0 Å². The van der Waals surface area contributed by atoms with E-state index in [-0.39, 0.29) is 24.9 Å². The predicted octanol–water partition coefficient (Wildman–Crippen LogP) is 9.63. The first kappa shape index (κ1) is 45.4. The van der Waals surface area contributed by atoms with Crippen LogP contribution in [0.25, 0.3) is 38.1 Å². The van der Waals surface area contributed by atoms with Crippen LogP contribution in [0.4, 0.5) is 34.1 Å². The number of nitrogens with one attached hydrogen (secondary N) is 2. The summed E-state index contributed by atoms with van der Waals surface area (Å²) in [5, 5.41) is 31.9. The van der Waals surface area contributed by atoms with Gasteiger partial charge in [0.2, 0.25) is 12.1 Å². The second kappa shape index (κ2) is 22.1. The van der Waals surface area contributed by atoms with Gasteiger partial charge in [0.25, 0.3) is 11.8 Å². The van der Waals surface area contributed by atoms with Crippen LogP contribution in [-0.2, 0) is 16.1 Å². The second-order valence-electron chi connectivity index (χ2n) is 15.3. The Hall–Kier alpha value is -6.61. The van der Waals surface area contributed by atoms with Crippen molar-refractivity contribution in [1.29, 1.82) is 0 Å². The second-order valence-corrected chi connectivity index (χ2v) is 18.0. The summed E-state index contributed by atoms with van der Waals surface area (Å²) in [4.78, 5) is 30.0. The van der Waals surface area contributed by atoms with Crippen molar-refractivity contribution in [2.24, 2.45) is 20.5 Å². The quantitative estimate of drug-likeness (QED) is 0.0244. The van der Waals surface area contributed by atoms with Crippen LogP contribution < -0.4 is 30.3 Å². The van der Waals surface area contributed by atoms with Crippen molar-refractivity contribution in [2.75, 3.05) is 69.1 Å². The Bertz CT molecular complexity index is 2860. The standard InChI is InChI=1S/C50H52N10O2S2/c1-6-41(54-55-43-23-25-46(58(2)3)37-17-9-7-15-35(37)43)39-19-11-13-21-42(39)53-33-49(61)51-28-31-63-64-32-29-52-50(62)34-60-30-27-45(40-20-12-14-22-48(40)60)57-56-44-24-26-47(59(4)5)38-18-10-8-16-36(38)44/h6-27,30,53H,28-29,31-34H2,1-5H3,(H-,51,52,61,62)/p+2/b41-6+,55-54?. The highest BCUT2D eigenvalue weighted by Gasteiger charge is 2.17. The van der Waals surface area contributed by atoms with E-state index >= 15 is 0 Å². The van der Waals surface area contributed by atoms with Gasteiger partial charge in [-0.15, -0.1) is 15.3 Å². The van der Waals surface area contributed by atoms with Crippen LogP contribution in [0.2, 0.25) is 0 Å². The molecule has 0 saturated heterocycles. The third kappa shape index (κ3) is 11.3. The molecule has 1 heterocycles. The van der Waals surface area contributed by atoms with Crippen molar-refractivity contribution in [3.8, 4) is 0 Å². The van der Waals surface area contributed by atoms with E-state index in [4.69, 9.17) is 0 Å². The molecule has 2 amide bonds. The molecule has 4 N–H and O–H groups in total. The van der Waals surface area contributed by atoms with Gasteiger partial charge in [0, 0.05) is 97.8 Å². The van der Waals surface area contributed by atoms with E-state index in [1.807, 2.05) is 148 Å². The van der Waals surface area contributed by atoms with Crippen LogP contribution in [0.1, 0.15) is 12.5 Å². The lowest BCUT2D eigenvalue weighted by atomic mass is 10.1. The number of nitrogens with zero attached hydrogens (tertiary/aromatic N) is 7. The van der Waals surface area contributed by atoms with E-state index in [0.29, 0.717) is 13.1 Å².